The number of carbonyl (C=O) groups excluding carboxylic acids is 1. The normalized spacial score (nSPS) is 27.3. The van der Waals surface area contributed by atoms with Crippen LogP contribution in [0.15, 0.2) is 21.5 Å². The molecule has 1 amide bonds. The van der Waals surface area contributed by atoms with Crippen molar-refractivity contribution < 1.29 is 13.2 Å². The van der Waals surface area contributed by atoms with Gasteiger partial charge in [0.15, 0.2) is 0 Å². The maximum Gasteiger partial charge on any atom is 0.238 e. The van der Waals surface area contributed by atoms with Crippen LogP contribution < -0.4 is 10.5 Å². The second-order valence-corrected chi connectivity index (χ2v) is 8.44. The lowest BCUT2D eigenvalue weighted by Crippen LogP contribution is -2.22. The van der Waals surface area contributed by atoms with Crippen LogP contribution in [0.3, 0.4) is 0 Å². The number of halogens is 1. The van der Waals surface area contributed by atoms with Crippen LogP contribution in [-0.4, -0.2) is 14.3 Å². The molecule has 2 fully saturated rings. The van der Waals surface area contributed by atoms with Crippen molar-refractivity contribution in [3.63, 3.8) is 0 Å². The quantitative estimate of drug-likeness (QED) is 0.853. The fourth-order valence-corrected chi connectivity index (χ4v) is 4.61. The molecular weight excluding hydrogens is 356 g/mol. The Balaban J connectivity index is 1.79. The highest BCUT2D eigenvalue weighted by Crippen LogP contribution is 2.54. The van der Waals surface area contributed by atoms with Crippen LogP contribution in [0.25, 0.3) is 0 Å². The van der Waals surface area contributed by atoms with Crippen LogP contribution >= 0.6 is 15.9 Å². The third-order valence-electron chi connectivity index (χ3n) is 4.44. The van der Waals surface area contributed by atoms with Crippen molar-refractivity contribution in [3.05, 3.63) is 22.2 Å². The average molecular weight is 373 g/mol. The van der Waals surface area contributed by atoms with Crippen molar-refractivity contribution in [2.45, 2.75) is 31.1 Å². The Labute approximate surface area is 132 Å². The number of benzene rings is 1. The van der Waals surface area contributed by atoms with Gasteiger partial charge in [-0.15, -0.1) is 0 Å². The molecule has 0 heterocycles. The minimum Gasteiger partial charge on any atom is -0.325 e. The predicted octanol–water partition coefficient (Wildman–Crippen LogP) is 2.39. The molecule has 2 aliphatic carbocycles. The second-order valence-electron chi connectivity index (χ2n) is 6.06. The molecule has 2 aliphatic rings. The molecule has 0 radical (unpaired) electrons. The standard InChI is InChI=1S/C14H17BrN2O3S/c1-7-2-12(11(15)6-13(7)21(16,19)20)17-14(18)10-4-8-3-9(8)5-10/h2,6,8-10H,3-5H2,1H3,(H,17,18)(H2,16,19,20). The van der Waals surface area contributed by atoms with Gasteiger partial charge in [0.1, 0.15) is 0 Å². The van der Waals surface area contributed by atoms with Crippen LogP contribution in [-0.2, 0) is 14.8 Å². The molecule has 114 valence electrons. The van der Waals surface area contributed by atoms with Crippen molar-refractivity contribution in [2.24, 2.45) is 22.9 Å². The summed E-state index contributed by atoms with van der Waals surface area (Å²) in [4.78, 5) is 12.3. The Morgan fingerprint density at radius 1 is 1.29 bits per heavy atom. The summed E-state index contributed by atoms with van der Waals surface area (Å²) in [6, 6.07) is 3.07. The number of anilines is 1. The molecule has 2 saturated carbocycles. The molecule has 2 atom stereocenters. The summed E-state index contributed by atoms with van der Waals surface area (Å²) in [7, 11) is -3.76. The SMILES string of the molecule is Cc1cc(NC(=O)C2CC3CC3C2)c(Br)cc1S(N)(=O)=O. The molecule has 1 aromatic carbocycles. The number of hydrogen-bond donors (Lipinski definition) is 2. The van der Waals surface area contributed by atoms with Crippen LogP contribution in [0.4, 0.5) is 5.69 Å². The van der Waals surface area contributed by atoms with E-state index in [0.717, 1.165) is 24.7 Å². The number of hydrogen-bond acceptors (Lipinski definition) is 3. The van der Waals surface area contributed by atoms with Gasteiger partial charge in [0.05, 0.1) is 10.6 Å². The number of nitrogens with one attached hydrogen (secondary N) is 1. The number of aryl methyl sites for hydroxylation is 1. The average Bonchev–Trinajstić information content (AvgIpc) is 2.98. The van der Waals surface area contributed by atoms with Crippen LogP contribution in [0.5, 0.6) is 0 Å². The molecular formula is C14H17BrN2O3S. The van der Waals surface area contributed by atoms with E-state index in [1.165, 1.54) is 12.5 Å². The van der Waals surface area contributed by atoms with Crippen LogP contribution in [0.1, 0.15) is 24.8 Å². The highest BCUT2D eigenvalue weighted by molar-refractivity contribution is 9.10. The van der Waals surface area contributed by atoms with Crippen molar-refractivity contribution in [1.82, 2.24) is 0 Å². The first kappa shape index (κ1) is 15.0. The van der Waals surface area contributed by atoms with Crippen molar-refractivity contribution in [1.29, 1.82) is 0 Å². The zero-order valence-electron chi connectivity index (χ0n) is 11.6. The lowest BCUT2D eigenvalue weighted by molar-refractivity contribution is -0.120. The van der Waals surface area contributed by atoms with Crippen molar-refractivity contribution >= 4 is 37.5 Å². The van der Waals surface area contributed by atoms with E-state index in [0.29, 0.717) is 15.7 Å². The topological polar surface area (TPSA) is 89.3 Å². The molecule has 3 N–H and O–H groups in total. The zero-order chi connectivity index (χ0) is 15.4. The number of rotatable bonds is 3. The first-order valence-electron chi connectivity index (χ1n) is 6.89. The number of sulfonamides is 1. The molecule has 21 heavy (non-hydrogen) atoms. The zero-order valence-corrected chi connectivity index (χ0v) is 14.0. The van der Waals surface area contributed by atoms with Crippen molar-refractivity contribution in [2.75, 3.05) is 5.32 Å². The highest BCUT2D eigenvalue weighted by atomic mass is 79.9. The maximum atomic E-state index is 12.3. The lowest BCUT2D eigenvalue weighted by atomic mass is 10.0. The van der Waals surface area contributed by atoms with E-state index in [2.05, 4.69) is 21.2 Å². The van der Waals surface area contributed by atoms with E-state index in [1.807, 2.05) is 0 Å². The molecule has 0 saturated heterocycles. The number of carbonyl (C=O) groups is 1. The Morgan fingerprint density at radius 3 is 2.48 bits per heavy atom. The smallest absolute Gasteiger partial charge is 0.238 e. The van der Waals surface area contributed by atoms with Gasteiger partial charge in [-0.2, -0.15) is 0 Å². The molecule has 1 aromatic rings. The minimum atomic E-state index is -3.76. The van der Waals surface area contributed by atoms with Gasteiger partial charge in [0, 0.05) is 10.4 Å². The Hall–Kier alpha value is -0.920. The van der Waals surface area contributed by atoms with Gasteiger partial charge in [-0.3, -0.25) is 4.79 Å². The van der Waals surface area contributed by atoms with Gasteiger partial charge >= 0.3 is 0 Å². The number of fused-ring (bicyclic) bond motifs is 1. The molecule has 5 nitrogen and oxygen atoms in total. The molecule has 0 spiro atoms. The molecule has 2 unspecified atom stereocenters. The van der Waals surface area contributed by atoms with Gasteiger partial charge in [-0.05, 0) is 71.6 Å². The third-order valence-corrected chi connectivity index (χ3v) is 6.15. The Morgan fingerprint density at radius 2 is 1.90 bits per heavy atom. The number of primary sulfonamides is 1. The van der Waals surface area contributed by atoms with Crippen molar-refractivity contribution in [3.8, 4) is 0 Å². The van der Waals surface area contributed by atoms with Gasteiger partial charge in [-0.25, -0.2) is 13.6 Å². The van der Waals surface area contributed by atoms with Gasteiger partial charge in [0.2, 0.25) is 15.9 Å². The molecule has 3 rings (SSSR count). The van der Waals surface area contributed by atoms with Gasteiger partial charge in [0.25, 0.3) is 0 Å². The van der Waals surface area contributed by atoms with Gasteiger partial charge in [-0.1, -0.05) is 0 Å². The first-order chi connectivity index (χ1) is 9.75. The highest BCUT2D eigenvalue weighted by Gasteiger charge is 2.48. The van der Waals surface area contributed by atoms with E-state index in [9.17, 15) is 13.2 Å². The fraction of sp³-hybridized carbons (Fsp3) is 0.500. The fourth-order valence-electron chi connectivity index (χ4n) is 3.23. The summed E-state index contributed by atoms with van der Waals surface area (Å²) >= 11 is 3.30. The summed E-state index contributed by atoms with van der Waals surface area (Å²) in [5.74, 6) is 1.59. The first-order valence-corrected chi connectivity index (χ1v) is 9.23. The number of amides is 1. The second kappa shape index (κ2) is 5.07. The monoisotopic (exact) mass is 372 g/mol. The predicted molar refractivity (Wildman–Crippen MR) is 83.2 cm³/mol. The van der Waals surface area contributed by atoms with E-state index < -0.39 is 10.0 Å². The van der Waals surface area contributed by atoms with E-state index in [4.69, 9.17) is 5.14 Å². The summed E-state index contributed by atoms with van der Waals surface area (Å²) in [5, 5.41) is 8.05. The maximum absolute atomic E-state index is 12.3. The lowest BCUT2D eigenvalue weighted by Gasteiger charge is -2.15. The molecule has 0 aliphatic heterocycles. The largest absolute Gasteiger partial charge is 0.325 e. The van der Waals surface area contributed by atoms with Crippen LogP contribution in [0.2, 0.25) is 0 Å². The molecule has 0 bridgehead atoms. The molecule has 7 heteroatoms. The van der Waals surface area contributed by atoms with E-state index in [1.54, 1.807) is 13.0 Å². The molecule has 0 aromatic heterocycles. The summed E-state index contributed by atoms with van der Waals surface area (Å²) in [6.45, 7) is 1.66. The van der Waals surface area contributed by atoms with E-state index >= 15 is 0 Å². The minimum absolute atomic E-state index is 0.0191. The summed E-state index contributed by atoms with van der Waals surface area (Å²) in [5.41, 5.74) is 1.11. The summed E-state index contributed by atoms with van der Waals surface area (Å²) < 4.78 is 23.4. The van der Waals surface area contributed by atoms with E-state index in [-0.39, 0.29) is 16.7 Å². The summed E-state index contributed by atoms with van der Waals surface area (Å²) in [6.07, 6.45) is 3.22. The van der Waals surface area contributed by atoms with Crippen LogP contribution in [0, 0.1) is 24.7 Å². The Bertz CT molecular complexity index is 707. The number of nitrogens with two attached hydrogens (primary N) is 1. The Kier molecular flexibility index (Phi) is 3.62. The van der Waals surface area contributed by atoms with Gasteiger partial charge < -0.3 is 5.32 Å². The third kappa shape index (κ3) is 3.00.